The molecule has 4 rings (SSSR count). The van der Waals surface area contributed by atoms with E-state index in [4.69, 9.17) is 14.5 Å². The third kappa shape index (κ3) is 3.90. The predicted molar refractivity (Wildman–Crippen MR) is 114 cm³/mol. The Bertz CT molecular complexity index is 1090. The summed E-state index contributed by atoms with van der Waals surface area (Å²) in [7, 11) is 3.18. The Morgan fingerprint density at radius 2 is 1.79 bits per heavy atom. The smallest absolute Gasteiger partial charge is 0.260 e. The molecular weight excluding hydrogens is 386 g/mol. The molecule has 0 aliphatic carbocycles. The lowest BCUT2D eigenvalue weighted by molar-refractivity contribution is 0.0985. The van der Waals surface area contributed by atoms with Gasteiger partial charge in [0.25, 0.3) is 5.91 Å². The first-order valence-electron chi connectivity index (χ1n) is 8.98. The van der Waals surface area contributed by atoms with E-state index in [0.717, 1.165) is 15.8 Å². The molecule has 0 aliphatic heterocycles. The van der Waals surface area contributed by atoms with Gasteiger partial charge in [-0.15, -0.1) is 0 Å². The molecule has 2 aromatic carbocycles. The second-order valence-electron chi connectivity index (χ2n) is 6.29. The Labute approximate surface area is 172 Å². The lowest BCUT2D eigenvalue weighted by Crippen LogP contribution is -2.30. The van der Waals surface area contributed by atoms with Crippen molar-refractivity contribution in [1.82, 2.24) is 9.97 Å². The Morgan fingerprint density at radius 3 is 2.48 bits per heavy atom. The Hall–Kier alpha value is -3.45. The lowest BCUT2D eigenvalue weighted by atomic mass is 10.2. The molecule has 0 saturated heterocycles. The van der Waals surface area contributed by atoms with Crippen molar-refractivity contribution >= 4 is 32.6 Å². The monoisotopic (exact) mass is 405 g/mol. The van der Waals surface area contributed by atoms with Crippen LogP contribution < -0.4 is 14.4 Å². The van der Waals surface area contributed by atoms with Gasteiger partial charge in [-0.05, 0) is 23.8 Å². The summed E-state index contributed by atoms with van der Waals surface area (Å²) in [4.78, 5) is 23.8. The van der Waals surface area contributed by atoms with Gasteiger partial charge in [0.05, 0.1) is 31.0 Å². The topological polar surface area (TPSA) is 64.5 Å². The van der Waals surface area contributed by atoms with E-state index in [2.05, 4.69) is 4.98 Å². The number of amides is 1. The van der Waals surface area contributed by atoms with Crippen LogP contribution in [-0.4, -0.2) is 30.1 Å². The fourth-order valence-electron chi connectivity index (χ4n) is 3.00. The minimum atomic E-state index is -0.118. The van der Waals surface area contributed by atoms with E-state index < -0.39 is 0 Å². The SMILES string of the molecule is COc1cc2nc(N(Cc3cccnc3)C(=O)c3ccccc3)sc2cc1OC. The van der Waals surface area contributed by atoms with Crippen LogP contribution in [0.2, 0.25) is 0 Å². The van der Waals surface area contributed by atoms with E-state index >= 15 is 0 Å². The summed E-state index contributed by atoms with van der Waals surface area (Å²) in [5.74, 6) is 1.11. The van der Waals surface area contributed by atoms with Crippen LogP contribution in [0.15, 0.2) is 67.0 Å². The zero-order valence-electron chi connectivity index (χ0n) is 16.0. The van der Waals surface area contributed by atoms with Crippen molar-refractivity contribution in [2.75, 3.05) is 19.1 Å². The Morgan fingerprint density at radius 1 is 1.03 bits per heavy atom. The minimum absolute atomic E-state index is 0.118. The number of hydrogen-bond donors (Lipinski definition) is 0. The van der Waals surface area contributed by atoms with Crippen molar-refractivity contribution in [2.24, 2.45) is 0 Å². The van der Waals surface area contributed by atoms with Gasteiger partial charge < -0.3 is 9.47 Å². The molecular formula is C22H19N3O3S. The van der Waals surface area contributed by atoms with E-state index in [-0.39, 0.29) is 5.91 Å². The molecule has 2 aromatic heterocycles. The third-order valence-electron chi connectivity index (χ3n) is 4.44. The van der Waals surface area contributed by atoms with Crippen LogP contribution in [0, 0.1) is 0 Å². The molecule has 6 nitrogen and oxygen atoms in total. The van der Waals surface area contributed by atoms with E-state index in [1.165, 1.54) is 11.3 Å². The molecule has 29 heavy (non-hydrogen) atoms. The van der Waals surface area contributed by atoms with Crippen molar-refractivity contribution in [3.05, 3.63) is 78.1 Å². The summed E-state index contributed by atoms with van der Waals surface area (Å²) in [6.45, 7) is 0.371. The molecule has 1 amide bonds. The molecule has 0 radical (unpaired) electrons. The first kappa shape index (κ1) is 18.9. The number of fused-ring (bicyclic) bond motifs is 1. The first-order valence-corrected chi connectivity index (χ1v) is 9.79. The highest BCUT2D eigenvalue weighted by atomic mass is 32.1. The number of thiazole rings is 1. The predicted octanol–water partition coefficient (Wildman–Crippen LogP) is 4.56. The van der Waals surface area contributed by atoms with Gasteiger partial charge >= 0.3 is 0 Å². The van der Waals surface area contributed by atoms with Crippen molar-refractivity contribution in [3.8, 4) is 11.5 Å². The lowest BCUT2D eigenvalue weighted by Gasteiger charge is -2.20. The molecule has 4 aromatic rings. The van der Waals surface area contributed by atoms with Gasteiger partial charge in [0, 0.05) is 30.1 Å². The van der Waals surface area contributed by atoms with Crippen LogP contribution in [0.5, 0.6) is 11.5 Å². The molecule has 0 saturated carbocycles. The molecule has 0 atom stereocenters. The molecule has 7 heteroatoms. The maximum absolute atomic E-state index is 13.3. The molecule has 0 aliphatic rings. The van der Waals surface area contributed by atoms with Crippen LogP contribution in [0.3, 0.4) is 0 Å². The molecule has 0 bridgehead atoms. The van der Waals surface area contributed by atoms with Crippen LogP contribution in [0.25, 0.3) is 10.2 Å². The second-order valence-corrected chi connectivity index (χ2v) is 7.30. The molecule has 146 valence electrons. The summed E-state index contributed by atoms with van der Waals surface area (Å²) in [6.07, 6.45) is 3.47. The van der Waals surface area contributed by atoms with Crippen LogP contribution >= 0.6 is 11.3 Å². The van der Waals surface area contributed by atoms with Crippen molar-refractivity contribution in [2.45, 2.75) is 6.54 Å². The quantitative estimate of drug-likeness (QED) is 0.471. The summed E-state index contributed by atoms with van der Waals surface area (Å²) < 4.78 is 11.7. The van der Waals surface area contributed by atoms with Gasteiger partial charge in [-0.25, -0.2) is 4.98 Å². The van der Waals surface area contributed by atoms with Crippen LogP contribution in [0.1, 0.15) is 15.9 Å². The number of carbonyl (C=O) groups excluding carboxylic acids is 1. The second kappa shape index (κ2) is 8.28. The fourth-order valence-corrected chi connectivity index (χ4v) is 3.97. The number of carbonyl (C=O) groups is 1. The number of rotatable bonds is 6. The van der Waals surface area contributed by atoms with Gasteiger partial charge in [-0.1, -0.05) is 35.6 Å². The van der Waals surface area contributed by atoms with E-state index in [1.54, 1.807) is 43.6 Å². The van der Waals surface area contributed by atoms with E-state index in [9.17, 15) is 4.79 Å². The largest absolute Gasteiger partial charge is 0.493 e. The zero-order chi connectivity index (χ0) is 20.2. The van der Waals surface area contributed by atoms with Gasteiger partial charge in [-0.2, -0.15) is 0 Å². The average molecular weight is 405 g/mol. The standard InChI is InChI=1S/C22H19N3O3S/c1-27-18-11-17-20(12-19(18)28-2)29-22(24-17)25(14-15-7-6-10-23-13-15)21(26)16-8-4-3-5-9-16/h3-13H,14H2,1-2H3. The van der Waals surface area contributed by atoms with Crippen molar-refractivity contribution in [3.63, 3.8) is 0 Å². The molecule has 2 heterocycles. The maximum atomic E-state index is 13.3. The Kier molecular flexibility index (Phi) is 5.39. The molecule has 0 unspecified atom stereocenters. The minimum Gasteiger partial charge on any atom is -0.493 e. The maximum Gasteiger partial charge on any atom is 0.260 e. The molecule has 0 spiro atoms. The highest BCUT2D eigenvalue weighted by molar-refractivity contribution is 7.22. The highest BCUT2D eigenvalue weighted by Crippen LogP contribution is 2.38. The number of methoxy groups -OCH3 is 2. The summed E-state index contributed by atoms with van der Waals surface area (Å²) in [6, 6.07) is 16.7. The number of aromatic nitrogens is 2. The summed E-state index contributed by atoms with van der Waals surface area (Å²) >= 11 is 1.43. The fraction of sp³-hybridized carbons (Fsp3) is 0.136. The number of nitrogens with zero attached hydrogens (tertiary/aromatic N) is 3. The number of pyridine rings is 1. The normalized spacial score (nSPS) is 10.7. The molecule has 0 fully saturated rings. The number of ether oxygens (including phenoxy) is 2. The summed E-state index contributed by atoms with van der Waals surface area (Å²) in [5, 5.41) is 0.605. The van der Waals surface area contributed by atoms with E-state index in [1.807, 2.05) is 42.5 Å². The number of hydrogen-bond acceptors (Lipinski definition) is 6. The van der Waals surface area contributed by atoms with Crippen LogP contribution in [-0.2, 0) is 6.54 Å². The number of anilines is 1. The highest BCUT2D eigenvalue weighted by Gasteiger charge is 2.22. The van der Waals surface area contributed by atoms with E-state index in [0.29, 0.717) is 28.7 Å². The van der Waals surface area contributed by atoms with Crippen molar-refractivity contribution < 1.29 is 14.3 Å². The number of benzene rings is 2. The van der Waals surface area contributed by atoms with Gasteiger partial charge in [0.2, 0.25) is 0 Å². The van der Waals surface area contributed by atoms with Crippen LogP contribution in [0.4, 0.5) is 5.13 Å². The third-order valence-corrected chi connectivity index (χ3v) is 5.48. The first-order chi connectivity index (χ1) is 14.2. The van der Waals surface area contributed by atoms with Crippen molar-refractivity contribution in [1.29, 1.82) is 0 Å². The summed E-state index contributed by atoms with van der Waals surface area (Å²) in [5.41, 5.74) is 2.27. The Balaban J connectivity index is 1.78. The zero-order valence-corrected chi connectivity index (χ0v) is 16.8. The average Bonchev–Trinajstić information content (AvgIpc) is 3.19. The molecule has 0 N–H and O–H groups in total. The van der Waals surface area contributed by atoms with Gasteiger partial charge in [-0.3, -0.25) is 14.7 Å². The van der Waals surface area contributed by atoms with Gasteiger partial charge in [0.1, 0.15) is 0 Å². The van der Waals surface area contributed by atoms with Gasteiger partial charge in [0.15, 0.2) is 16.6 Å².